The molecule has 0 saturated carbocycles. The number of carbonyl (C=O) groups is 4. The zero-order chi connectivity index (χ0) is 23.1. The number of nitrogens with zero attached hydrogens (tertiary/aromatic N) is 1. The van der Waals surface area contributed by atoms with Gasteiger partial charge >= 0.3 is 6.03 Å². The summed E-state index contributed by atoms with van der Waals surface area (Å²) in [6, 6.07) is 10.5. The van der Waals surface area contributed by atoms with Crippen molar-refractivity contribution in [1.29, 1.82) is 0 Å². The summed E-state index contributed by atoms with van der Waals surface area (Å²) in [6.45, 7) is 0.486. The van der Waals surface area contributed by atoms with E-state index in [2.05, 4.69) is 22.5 Å². The van der Waals surface area contributed by atoms with Crippen LogP contribution < -0.4 is 20.7 Å². The molecule has 9 heteroatoms. The molecule has 2 aromatic rings. The van der Waals surface area contributed by atoms with Gasteiger partial charge in [0.15, 0.2) is 0 Å². The van der Waals surface area contributed by atoms with Crippen molar-refractivity contribution in [3.8, 4) is 17.6 Å². The summed E-state index contributed by atoms with van der Waals surface area (Å²) in [7, 11) is 3.08. The first-order valence-corrected chi connectivity index (χ1v) is 9.75. The van der Waals surface area contributed by atoms with Crippen LogP contribution in [0.4, 0.5) is 4.79 Å². The van der Waals surface area contributed by atoms with Crippen molar-refractivity contribution in [2.45, 2.75) is 12.6 Å². The lowest BCUT2D eigenvalue weighted by molar-refractivity contribution is -0.108. The lowest BCUT2D eigenvalue weighted by Crippen LogP contribution is -2.46. The third-order valence-electron chi connectivity index (χ3n) is 4.86. The van der Waals surface area contributed by atoms with Gasteiger partial charge in [-0.3, -0.25) is 19.7 Å². The molecule has 0 aliphatic carbocycles. The molecule has 1 atom stereocenters. The van der Waals surface area contributed by atoms with Gasteiger partial charge in [0.05, 0.1) is 13.7 Å². The van der Waals surface area contributed by atoms with E-state index >= 15 is 0 Å². The number of hydrogen-bond acceptors (Lipinski definition) is 5. The smallest absolute Gasteiger partial charge is 0.322 e. The van der Waals surface area contributed by atoms with Gasteiger partial charge in [-0.05, 0) is 42.0 Å². The molecule has 0 aromatic heterocycles. The average molecular weight is 434 g/mol. The van der Waals surface area contributed by atoms with Gasteiger partial charge < -0.3 is 20.3 Å². The first kappa shape index (κ1) is 22.4. The topological polar surface area (TPSA) is 117 Å². The quantitative estimate of drug-likeness (QED) is 0.461. The average Bonchev–Trinajstić information content (AvgIpc) is 3.11. The van der Waals surface area contributed by atoms with Crippen LogP contribution in [0, 0.1) is 11.8 Å². The van der Waals surface area contributed by atoms with E-state index in [4.69, 9.17) is 4.74 Å². The molecule has 164 valence electrons. The zero-order valence-electron chi connectivity index (χ0n) is 17.6. The molecule has 3 N–H and O–H groups in total. The molecule has 1 heterocycles. The molecule has 0 spiro atoms. The van der Waals surface area contributed by atoms with Crippen LogP contribution in [0.1, 0.15) is 31.8 Å². The van der Waals surface area contributed by atoms with E-state index in [9.17, 15) is 19.2 Å². The van der Waals surface area contributed by atoms with Crippen LogP contribution in [0.5, 0.6) is 5.75 Å². The van der Waals surface area contributed by atoms with Crippen molar-refractivity contribution in [3.05, 3.63) is 64.7 Å². The van der Waals surface area contributed by atoms with E-state index in [0.717, 1.165) is 5.56 Å². The summed E-state index contributed by atoms with van der Waals surface area (Å²) >= 11 is 0. The van der Waals surface area contributed by atoms with Gasteiger partial charge in [0, 0.05) is 30.3 Å². The number of amides is 5. The largest absolute Gasteiger partial charge is 0.497 e. The lowest BCUT2D eigenvalue weighted by atomic mass is 10.1. The lowest BCUT2D eigenvalue weighted by Gasteiger charge is -2.21. The predicted molar refractivity (Wildman–Crippen MR) is 116 cm³/mol. The van der Waals surface area contributed by atoms with E-state index in [0.29, 0.717) is 29.0 Å². The highest BCUT2D eigenvalue weighted by Gasteiger charge is 2.29. The van der Waals surface area contributed by atoms with Gasteiger partial charge in [0.1, 0.15) is 11.8 Å². The fourth-order valence-electron chi connectivity index (χ4n) is 3.24. The minimum atomic E-state index is -0.742. The van der Waals surface area contributed by atoms with Crippen molar-refractivity contribution < 1.29 is 23.9 Å². The van der Waals surface area contributed by atoms with Gasteiger partial charge in [0.2, 0.25) is 6.41 Å². The number of imide groups is 1. The molecular weight excluding hydrogens is 412 g/mol. The zero-order valence-corrected chi connectivity index (χ0v) is 17.6. The number of benzene rings is 2. The molecule has 3 rings (SSSR count). The number of ether oxygens (including phenoxy) is 1. The standard InChI is InChI=1S/C23H22N4O5/c1-24-21(29)16-6-3-15(4-7-16)5-9-18(26-23(31)25-14-28)13-27-12-17-8-10-19(32-2)11-20(17)22(27)30/h3-4,6-8,10-11,14,18H,12-13H2,1-2H3,(H,24,29)(H2,25,26,28,31)/t18-/m1/s1. The Morgan fingerprint density at radius 1 is 1.22 bits per heavy atom. The second-order valence-electron chi connectivity index (χ2n) is 6.92. The highest BCUT2D eigenvalue weighted by atomic mass is 16.5. The highest BCUT2D eigenvalue weighted by Crippen LogP contribution is 2.26. The number of carbonyl (C=O) groups excluding carboxylic acids is 4. The molecule has 0 saturated heterocycles. The SMILES string of the molecule is CNC(=O)c1ccc(C#C[C@H](CN2Cc3ccc(OC)cc3C2=O)NC(=O)NC=O)cc1. The van der Waals surface area contributed by atoms with Gasteiger partial charge in [-0.2, -0.15) is 0 Å². The second kappa shape index (κ2) is 10.1. The Hall–Kier alpha value is -4.32. The van der Waals surface area contributed by atoms with E-state index in [1.807, 2.05) is 11.4 Å². The Balaban J connectivity index is 1.77. The Labute approximate surface area is 185 Å². The number of nitrogens with one attached hydrogen (secondary N) is 3. The monoisotopic (exact) mass is 434 g/mol. The van der Waals surface area contributed by atoms with E-state index in [1.165, 1.54) is 7.11 Å². The number of urea groups is 1. The van der Waals surface area contributed by atoms with Crippen LogP contribution in [0.15, 0.2) is 42.5 Å². The summed E-state index contributed by atoms with van der Waals surface area (Å²) < 4.78 is 5.19. The van der Waals surface area contributed by atoms with Crippen molar-refractivity contribution in [1.82, 2.24) is 20.9 Å². The van der Waals surface area contributed by atoms with Gasteiger partial charge in [-0.15, -0.1) is 0 Å². The second-order valence-corrected chi connectivity index (χ2v) is 6.92. The summed E-state index contributed by atoms with van der Waals surface area (Å²) in [5, 5.41) is 7.13. The van der Waals surface area contributed by atoms with Crippen LogP contribution in [0.2, 0.25) is 0 Å². The molecule has 1 aliphatic heterocycles. The maximum atomic E-state index is 12.8. The highest BCUT2D eigenvalue weighted by molar-refractivity contribution is 5.99. The molecule has 1 aliphatic rings. The molecule has 0 bridgehead atoms. The van der Waals surface area contributed by atoms with Crippen LogP contribution in [-0.2, 0) is 11.3 Å². The summed E-state index contributed by atoms with van der Waals surface area (Å²) in [6.07, 6.45) is 0.264. The minimum absolute atomic E-state index is 0.116. The summed E-state index contributed by atoms with van der Waals surface area (Å²) in [4.78, 5) is 48.5. The van der Waals surface area contributed by atoms with Crippen LogP contribution in [0.3, 0.4) is 0 Å². The van der Waals surface area contributed by atoms with Crippen molar-refractivity contribution in [2.75, 3.05) is 20.7 Å². The molecular formula is C23H22N4O5. The van der Waals surface area contributed by atoms with E-state index in [-0.39, 0.29) is 24.8 Å². The van der Waals surface area contributed by atoms with Crippen molar-refractivity contribution in [2.24, 2.45) is 0 Å². The fraction of sp³-hybridized carbons (Fsp3) is 0.217. The van der Waals surface area contributed by atoms with Crippen LogP contribution >= 0.6 is 0 Å². The van der Waals surface area contributed by atoms with Crippen molar-refractivity contribution >= 4 is 24.3 Å². The molecule has 32 heavy (non-hydrogen) atoms. The third-order valence-corrected chi connectivity index (χ3v) is 4.86. The molecule has 2 aromatic carbocycles. The summed E-state index contributed by atoms with van der Waals surface area (Å²) in [5.74, 6) is 6.04. The molecule has 0 radical (unpaired) electrons. The number of fused-ring (bicyclic) bond motifs is 1. The van der Waals surface area contributed by atoms with Gasteiger partial charge in [-0.1, -0.05) is 17.9 Å². The normalized spacial score (nSPS) is 12.7. The van der Waals surface area contributed by atoms with E-state index in [1.54, 1.807) is 48.3 Å². The van der Waals surface area contributed by atoms with E-state index < -0.39 is 12.1 Å². The first-order chi connectivity index (χ1) is 15.4. The third kappa shape index (κ3) is 5.23. The van der Waals surface area contributed by atoms with Crippen LogP contribution in [0.25, 0.3) is 0 Å². The number of hydrogen-bond donors (Lipinski definition) is 3. The fourth-order valence-corrected chi connectivity index (χ4v) is 3.24. The molecule has 9 nitrogen and oxygen atoms in total. The molecule has 0 unspecified atom stereocenters. The molecule has 5 amide bonds. The molecule has 0 fully saturated rings. The van der Waals surface area contributed by atoms with Crippen LogP contribution in [-0.4, -0.2) is 55.9 Å². The van der Waals surface area contributed by atoms with Gasteiger partial charge in [-0.25, -0.2) is 4.79 Å². The maximum Gasteiger partial charge on any atom is 0.322 e. The number of methoxy groups -OCH3 is 1. The number of rotatable bonds is 6. The first-order valence-electron chi connectivity index (χ1n) is 9.75. The van der Waals surface area contributed by atoms with Gasteiger partial charge in [0.25, 0.3) is 11.8 Å². The predicted octanol–water partition coefficient (Wildman–Crippen LogP) is 0.887. The summed E-state index contributed by atoms with van der Waals surface area (Å²) in [5.41, 5.74) is 2.51. The Morgan fingerprint density at radius 2 is 1.97 bits per heavy atom. The van der Waals surface area contributed by atoms with Crippen molar-refractivity contribution in [3.63, 3.8) is 0 Å². The Kier molecular flexibility index (Phi) is 7.08. The maximum absolute atomic E-state index is 12.8. The Bertz CT molecular complexity index is 1100. The Morgan fingerprint density at radius 3 is 2.62 bits per heavy atom. The minimum Gasteiger partial charge on any atom is -0.497 e.